The molecule has 16 heavy (non-hydrogen) atoms. The van der Waals surface area contributed by atoms with Gasteiger partial charge >= 0.3 is 5.97 Å². The Balaban J connectivity index is 3.32. The summed E-state index contributed by atoms with van der Waals surface area (Å²) in [6, 6.07) is 4.34. The number of carbonyl (C=O) groups excluding carboxylic acids is 1. The quantitative estimate of drug-likeness (QED) is 0.467. The first-order valence-electron chi connectivity index (χ1n) is 4.57. The molecule has 0 saturated carbocycles. The van der Waals surface area contributed by atoms with Gasteiger partial charge in [-0.2, -0.15) is 0 Å². The lowest BCUT2D eigenvalue weighted by atomic mass is 10.1. The van der Waals surface area contributed by atoms with Crippen LogP contribution in [0.4, 0.5) is 5.69 Å². The molecule has 0 saturated heterocycles. The average Bonchev–Trinajstić information content (AvgIpc) is 2.27. The third-order valence-electron chi connectivity index (χ3n) is 2.09. The minimum atomic E-state index is -0.758. The lowest BCUT2D eigenvalue weighted by Gasteiger charge is -2.05. The number of carbonyl (C=O) groups is 1. The van der Waals surface area contributed by atoms with Gasteiger partial charge < -0.3 is 9.84 Å². The third-order valence-corrected chi connectivity index (χ3v) is 2.09. The van der Waals surface area contributed by atoms with Crippen LogP contribution >= 0.6 is 0 Å². The van der Waals surface area contributed by atoms with Crippen molar-refractivity contribution < 1.29 is 19.6 Å². The summed E-state index contributed by atoms with van der Waals surface area (Å²) in [5, 5.41) is 19.6. The van der Waals surface area contributed by atoms with E-state index >= 15 is 0 Å². The highest BCUT2D eigenvalue weighted by molar-refractivity contribution is 5.94. The van der Waals surface area contributed by atoms with Crippen molar-refractivity contribution in [2.45, 2.75) is 6.42 Å². The van der Waals surface area contributed by atoms with Gasteiger partial charge in [-0.25, -0.2) is 4.79 Å². The van der Waals surface area contributed by atoms with Crippen LogP contribution in [0.25, 0.3) is 0 Å². The van der Waals surface area contributed by atoms with Gasteiger partial charge in [-0.05, 0) is 6.07 Å². The number of aliphatic hydroxyl groups is 1. The SMILES string of the molecule is COC(=O)c1cccc(CCO)c1[N+](=O)[O-]. The van der Waals surface area contributed by atoms with Crippen LogP contribution in [0.3, 0.4) is 0 Å². The van der Waals surface area contributed by atoms with Crippen LogP contribution in [0.15, 0.2) is 18.2 Å². The van der Waals surface area contributed by atoms with Crippen molar-refractivity contribution in [1.82, 2.24) is 0 Å². The van der Waals surface area contributed by atoms with Crippen LogP contribution in [0, 0.1) is 10.1 Å². The Morgan fingerprint density at radius 2 is 2.25 bits per heavy atom. The van der Waals surface area contributed by atoms with Gasteiger partial charge in [0.2, 0.25) is 0 Å². The number of para-hydroxylation sites is 1. The van der Waals surface area contributed by atoms with Crippen LogP contribution in [-0.4, -0.2) is 29.7 Å². The fourth-order valence-corrected chi connectivity index (χ4v) is 1.40. The van der Waals surface area contributed by atoms with E-state index in [-0.39, 0.29) is 24.3 Å². The van der Waals surface area contributed by atoms with Gasteiger partial charge in [0.05, 0.1) is 12.0 Å². The highest BCUT2D eigenvalue weighted by Gasteiger charge is 2.24. The molecule has 6 heteroatoms. The second-order valence-corrected chi connectivity index (χ2v) is 3.04. The van der Waals surface area contributed by atoms with E-state index in [1.54, 1.807) is 0 Å². The smallest absolute Gasteiger partial charge is 0.344 e. The second-order valence-electron chi connectivity index (χ2n) is 3.04. The summed E-state index contributed by atoms with van der Waals surface area (Å²) in [7, 11) is 1.16. The molecule has 86 valence electrons. The topological polar surface area (TPSA) is 89.7 Å². The minimum absolute atomic E-state index is 0.0987. The molecule has 0 spiro atoms. The maximum absolute atomic E-state index is 11.3. The molecule has 6 nitrogen and oxygen atoms in total. The zero-order valence-corrected chi connectivity index (χ0v) is 8.67. The number of methoxy groups -OCH3 is 1. The molecule has 0 atom stereocenters. The molecular formula is C10H11NO5. The van der Waals surface area contributed by atoms with Crippen molar-refractivity contribution in [3.05, 3.63) is 39.4 Å². The lowest BCUT2D eigenvalue weighted by Crippen LogP contribution is -2.08. The fourth-order valence-electron chi connectivity index (χ4n) is 1.40. The summed E-state index contributed by atoms with van der Waals surface area (Å²) in [4.78, 5) is 21.5. The summed E-state index contributed by atoms with van der Waals surface area (Å²) in [5.41, 5.74) is -0.0859. The maximum atomic E-state index is 11.3. The van der Waals surface area contributed by atoms with Gasteiger partial charge in [-0.3, -0.25) is 10.1 Å². The molecule has 1 aromatic rings. The lowest BCUT2D eigenvalue weighted by molar-refractivity contribution is -0.385. The monoisotopic (exact) mass is 225 g/mol. The van der Waals surface area contributed by atoms with E-state index in [0.29, 0.717) is 5.56 Å². The Bertz CT molecular complexity index is 416. The first-order chi connectivity index (χ1) is 7.61. The highest BCUT2D eigenvalue weighted by atomic mass is 16.6. The number of hydrogen-bond acceptors (Lipinski definition) is 5. The van der Waals surface area contributed by atoms with E-state index in [9.17, 15) is 14.9 Å². The first-order valence-corrected chi connectivity index (χ1v) is 4.57. The fraction of sp³-hybridized carbons (Fsp3) is 0.300. The Morgan fingerprint density at radius 1 is 1.56 bits per heavy atom. The van der Waals surface area contributed by atoms with Crippen molar-refractivity contribution in [2.75, 3.05) is 13.7 Å². The predicted octanol–water partition coefficient (Wildman–Crippen LogP) is 0.916. The zero-order valence-electron chi connectivity index (χ0n) is 8.67. The summed E-state index contributed by atoms with van der Waals surface area (Å²) < 4.78 is 4.45. The van der Waals surface area contributed by atoms with E-state index in [1.165, 1.54) is 18.2 Å². The molecule has 0 aliphatic heterocycles. The van der Waals surface area contributed by atoms with Gasteiger partial charge in [-0.15, -0.1) is 0 Å². The molecule has 1 aromatic carbocycles. The normalized spacial score (nSPS) is 9.88. The predicted molar refractivity (Wildman–Crippen MR) is 55.2 cm³/mol. The number of nitro groups is 1. The van der Waals surface area contributed by atoms with E-state index in [0.717, 1.165) is 7.11 Å². The first kappa shape index (κ1) is 12.1. The van der Waals surface area contributed by atoms with E-state index in [2.05, 4.69) is 4.74 Å². The van der Waals surface area contributed by atoms with Gasteiger partial charge in [0, 0.05) is 18.6 Å². The number of aliphatic hydroxyl groups excluding tert-OH is 1. The Hall–Kier alpha value is -1.95. The number of nitro benzene ring substituents is 1. The van der Waals surface area contributed by atoms with Gasteiger partial charge in [0.1, 0.15) is 5.56 Å². The molecule has 0 radical (unpaired) electrons. The van der Waals surface area contributed by atoms with Gasteiger partial charge in [0.15, 0.2) is 0 Å². The molecule has 0 aromatic heterocycles. The van der Waals surface area contributed by atoms with Crippen LogP contribution in [0.5, 0.6) is 0 Å². The van der Waals surface area contributed by atoms with Crippen molar-refractivity contribution >= 4 is 11.7 Å². The minimum Gasteiger partial charge on any atom is -0.465 e. The van der Waals surface area contributed by atoms with Crippen LogP contribution in [0.1, 0.15) is 15.9 Å². The zero-order chi connectivity index (χ0) is 12.1. The van der Waals surface area contributed by atoms with Crippen molar-refractivity contribution in [2.24, 2.45) is 0 Å². The van der Waals surface area contributed by atoms with Crippen molar-refractivity contribution in [3.8, 4) is 0 Å². The molecule has 0 amide bonds. The Morgan fingerprint density at radius 3 is 2.75 bits per heavy atom. The Labute approximate surface area is 91.6 Å². The summed E-state index contributed by atoms with van der Waals surface area (Å²) in [5.74, 6) is -0.758. The van der Waals surface area contributed by atoms with E-state index in [1.807, 2.05) is 0 Å². The Kier molecular flexibility index (Phi) is 3.96. The van der Waals surface area contributed by atoms with Crippen molar-refractivity contribution in [3.63, 3.8) is 0 Å². The number of hydrogen-bond donors (Lipinski definition) is 1. The number of rotatable bonds is 4. The summed E-state index contributed by atoms with van der Waals surface area (Å²) in [6.45, 7) is -0.217. The number of benzene rings is 1. The number of nitrogens with zero attached hydrogens (tertiary/aromatic N) is 1. The molecule has 0 aliphatic carbocycles. The highest BCUT2D eigenvalue weighted by Crippen LogP contribution is 2.24. The van der Waals surface area contributed by atoms with Gasteiger partial charge in [-0.1, -0.05) is 12.1 Å². The maximum Gasteiger partial charge on any atom is 0.344 e. The van der Waals surface area contributed by atoms with Crippen LogP contribution in [0.2, 0.25) is 0 Å². The average molecular weight is 225 g/mol. The molecular weight excluding hydrogens is 214 g/mol. The second kappa shape index (κ2) is 5.22. The molecule has 1 N–H and O–H groups in total. The third kappa shape index (κ3) is 2.34. The number of esters is 1. The van der Waals surface area contributed by atoms with Crippen LogP contribution < -0.4 is 0 Å². The van der Waals surface area contributed by atoms with Gasteiger partial charge in [0.25, 0.3) is 5.69 Å². The summed E-state index contributed by atoms with van der Waals surface area (Å²) in [6.07, 6.45) is 0.126. The van der Waals surface area contributed by atoms with Crippen LogP contribution in [-0.2, 0) is 11.2 Å². The largest absolute Gasteiger partial charge is 0.465 e. The molecule has 0 bridgehead atoms. The number of ether oxygens (including phenoxy) is 1. The standard InChI is InChI=1S/C10H11NO5/c1-16-10(13)8-4-2-3-7(5-6-12)9(8)11(14)15/h2-4,12H,5-6H2,1H3. The molecule has 1 rings (SSSR count). The molecule has 0 unspecified atom stereocenters. The summed E-state index contributed by atoms with van der Waals surface area (Å²) >= 11 is 0. The van der Waals surface area contributed by atoms with E-state index < -0.39 is 10.9 Å². The van der Waals surface area contributed by atoms with E-state index in [4.69, 9.17) is 5.11 Å². The van der Waals surface area contributed by atoms with Crippen molar-refractivity contribution in [1.29, 1.82) is 0 Å². The molecule has 0 heterocycles. The molecule has 0 fully saturated rings. The molecule has 0 aliphatic rings.